The van der Waals surface area contributed by atoms with Crippen molar-refractivity contribution in [2.24, 2.45) is 0 Å². The number of hydrogen-bond acceptors (Lipinski definition) is 4. The van der Waals surface area contributed by atoms with E-state index in [0.717, 1.165) is 50.2 Å². The van der Waals surface area contributed by atoms with Crippen LogP contribution >= 0.6 is 11.3 Å². The molecule has 0 N–H and O–H groups in total. The molecule has 4 heteroatoms. The molecule has 0 saturated heterocycles. The average molecular weight is 668 g/mol. The van der Waals surface area contributed by atoms with Gasteiger partial charge in [0, 0.05) is 58.6 Å². The van der Waals surface area contributed by atoms with Crippen molar-refractivity contribution in [3.8, 4) is 56.3 Å². The molecule has 0 amide bonds. The summed E-state index contributed by atoms with van der Waals surface area (Å²) >= 11 is 1.86. The Morgan fingerprint density at radius 1 is 0.353 bits per heavy atom. The molecule has 3 heterocycles. The molecule has 0 atom stereocenters. The van der Waals surface area contributed by atoms with Crippen LogP contribution < -0.4 is 0 Å². The van der Waals surface area contributed by atoms with E-state index in [9.17, 15) is 0 Å². The van der Waals surface area contributed by atoms with Crippen LogP contribution in [0.4, 0.5) is 0 Å². The highest BCUT2D eigenvalue weighted by Gasteiger charge is 2.17. The highest BCUT2D eigenvalue weighted by Crippen LogP contribution is 2.43. The molecule has 0 aliphatic heterocycles. The number of benzene rings is 7. The Kier molecular flexibility index (Phi) is 7.00. The normalized spacial score (nSPS) is 11.5. The smallest absolute Gasteiger partial charge is 0.160 e. The first-order chi connectivity index (χ1) is 25.3. The van der Waals surface area contributed by atoms with Gasteiger partial charge in [-0.15, -0.1) is 11.3 Å². The standard InChI is InChI=1S/C47H29N3S/c1-3-11-30(12-4-1)31-19-21-33(22-20-31)42-29-41(32-13-5-2-6-14-32)49-47(50-42)35-25-23-34(24-26-35)45-39-28-27-37-36-15-8-10-18-43(36)51-46(37)44(39)38-16-7-9-17-40(38)48-45/h1-29H. The van der Waals surface area contributed by atoms with Crippen LogP contribution in [0.1, 0.15) is 0 Å². The van der Waals surface area contributed by atoms with E-state index in [0.29, 0.717) is 5.82 Å². The third-order valence-electron chi connectivity index (χ3n) is 9.71. The molecule has 0 unspecified atom stereocenters. The van der Waals surface area contributed by atoms with E-state index in [-0.39, 0.29) is 0 Å². The Morgan fingerprint density at radius 2 is 0.882 bits per heavy atom. The maximum absolute atomic E-state index is 5.25. The number of rotatable bonds is 5. The lowest BCUT2D eigenvalue weighted by molar-refractivity contribution is 1.18. The van der Waals surface area contributed by atoms with E-state index in [2.05, 4.69) is 152 Å². The molecular formula is C47H29N3S. The van der Waals surface area contributed by atoms with Gasteiger partial charge in [0.05, 0.1) is 22.6 Å². The summed E-state index contributed by atoms with van der Waals surface area (Å²) in [6.45, 7) is 0. The van der Waals surface area contributed by atoms with Gasteiger partial charge in [0.1, 0.15) is 0 Å². The average Bonchev–Trinajstić information content (AvgIpc) is 3.60. The molecule has 0 aliphatic rings. The highest BCUT2D eigenvalue weighted by molar-refractivity contribution is 7.26. The van der Waals surface area contributed by atoms with Crippen molar-refractivity contribution in [1.82, 2.24) is 15.0 Å². The monoisotopic (exact) mass is 667 g/mol. The fourth-order valence-corrected chi connectivity index (χ4v) is 8.42. The van der Waals surface area contributed by atoms with E-state index in [4.69, 9.17) is 15.0 Å². The van der Waals surface area contributed by atoms with Crippen molar-refractivity contribution in [3.05, 3.63) is 176 Å². The highest BCUT2D eigenvalue weighted by atomic mass is 32.1. The fraction of sp³-hybridized carbons (Fsp3) is 0. The molecule has 3 aromatic heterocycles. The van der Waals surface area contributed by atoms with Gasteiger partial charge in [-0.25, -0.2) is 15.0 Å². The molecule has 238 valence electrons. The van der Waals surface area contributed by atoms with Crippen LogP contribution in [0.3, 0.4) is 0 Å². The topological polar surface area (TPSA) is 38.7 Å². The van der Waals surface area contributed by atoms with E-state index >= 15 is 0 Å². The minimum absolute atomic E-state index is 0.688. The molecule has 0 bridgehead atoms. The van der Waals surface area contributed by atoms with Gasteiger partial charge in [-0.05, 0) is 29.3 Å². The Balaban J connectivity index is 1.09. The van der Waals surface area contributed by atoms with Crippen LogP contribution in [-0.2, 0) is 0 Å². The van der Waals surface area contributed by atoms with Crippen LogP contribution in [0.25, 0.3) is 98.1 Å². The van der Waals surface area contributed by atoms with Crippen molar-refractivity contribution < 1.29 is 0 Å². The van der Waals surface area contributed by atoms with Crippen LogP contribution in [0.15, 0.2) is 176 Å². The van der Waals surface area contributed by atoms with Gasteiger partial charge >= 0.3 is 0 Å². The summed E-state index contributed by atoms with van der Waals surface area (Å²) in [7, 11) is 0. The molecule has 0 fully saturated rings. The predicted molar refractivity (Wildman–Crippen MR) is 215 cm³/mol. The van der Waals surface area contributed by atoms with Crippen molar-refractivity contribution in [1.29, 1.82) is 0 Å². The first kappa shape index (κ1) is 29.4. The Bertz CT molecular complexity index is 2880. The molecule has 10 rings (SSSR count). The number of hydrogen-bond donors (Lipinski definition) is 0. The van der Waals surface area contributed by atoms with Gasteiger partial charge in [-0.3, -0.25) is 0 Å². The second-order valence-electron chi connectivity index (χ2n) is 12.8. The summed E-state index contributed by atoms with van der Waals surface area (Å²) in [6, 6.07) is 61.8. The molecule has 0 saturated carbocycles. The molecule has 0 aliphatic carbocycles. The summed E-state index contributed by atoms with van der Waals surface area (Å²) in [5.74, 6) is 0.688. The summed E-state index contributed by atoms with van der Waals surface area (Å²) < 4.78 is 2.61. The summed E-state index contributed by atoms with van der Waals surface area (Å²) in [4.78, 5) is 15.5. The lowest BCUT2D eigenvalue weighted by Crippen LogP contribution is -1.96. The van der Waals surface area contributed by atoms with Crippen molar-refractivity contribution in [2.45, 2.75) is 0 Å². The summed E-state index contributed by atoms with van der Waals surface area (Å²) in [6.07, 6.45) is 0. The van der Waals surface area contributed by atoms with Crippen LogP contribution in [0, 0.1) is 0 Å². The zero-order chi connectivity index (χ0) is 33.7. The van der Waals surface area contributed by atoms with Gasteiger partial charge < -0.3 is 0 Å². The van der Waals surface area contributed by atoms with Crippen LogP contribution in [-0.4, -0.2) is 15.0 Å². The second kappa shape index (κ2) is 12.1. The molecular weight excluding hydrogens is 639 g/mol. The number of thiophene rings is 1. The lowest BCUT2D eigenvalue weighted by Gasteiger charge is -2.12. The molecule has 7 aromatic carbocycles. The van der Waals surface area contributed by atoms with E-state index in [1.807, 2.05) is 35.6 Å². The lowest BCUT2D eigenvalue weighted by atomic mass is 9.97. The number of para-hydroxylation sites is 1. The maximum atomic E-state index is 5.25. The predicted octanol–water partition coefficient (Wildman–Crippen LogP) is 12.9. The van der Waals surface area contributed by atoms with Crippen LogP contribution in [0.2, 0.25) is 0 Å². The van der Waals surface area contributed by atoms with E-state index in [1.54, 1.807) is 0 Å². The largest absolute Gasteiger partial charge is 0.247 e. The zero-order valence-corrected chi connectivity index (χ0v) is 28.3. The number of nitrogens with zero attached hydrogens (tertiary/aromatic N) is 3. The first-order valence-electron chi connectivity index (χ1n) is 17.1. The quantitative estimate of drug-likeness (QED) is 0.171. The van der Waals surface area contributed by atoms with Gasteiger partial charge in [0.2, 0.25) is 0 Å². The minimum Gasteiger partial charge on any atom is -0.247 e. The van der Waals surface area contributed by atoms with Gasteiger partial charge in [-0.1, -0.05) is 158 Å². The van der Waals surface area contributed by atoms with E-state index < -0.39 is 0 Å². The third kappa shape index (κ3) is 5.16. The Labute approximate surface area is 299 Å². The summed E-state index contributed by atoms with van der Waals surface area (Å²) in [5, 5.41) is 6.20. The molecule has 51 heavy (non-hydrogen) atoms. The Hall–Kier alpha value is -6.49. The minimum atomic E-state index is 0.688. The van der Waals surface area contributed by atoms with Crippen molar-refractivity contribution in [2.75, 3.05) is 0 Å². The molecule has 3 nitrogen and oxygen atoms in total. The fourth-order valence-electron chi connectivity index (χ4n) is 7.16. The van der Waals surface area contributed by atoms with Crippen molar-refractivity contribution >= 4 is 53.2 Å². The number of pyridine rings is 1. The van der Waals surface area contributed by atoms with Gasteiger partial charge in [-0.2, -0.15) is 0 Å². The number of aromatic nitrogens is 3. The van der Waals surface area contributed by atoms with Crippen molar-refractivity contribution in [3.63, 3.8) is 0 Å². The third-order valence-corrected chi connectivity index (χ3v) is 10.9. The molecule has 0 radical (unpaired) electrons. The zero-order valence-electron chi connectivity index (χ0n) is 27.5. The second-order valence-corrected chi connectivity index (χ2v) is 13.8. The first-order valence-corrected chi connectivity index (χ1v) is 17.9. The summed E-state index contributed by atoms with van der Waals surface area (Å²) in [5.41, 5.74) is 10.2. The Morgan fingerprint density at radius 3 is 1.63 bits per heavy atom. The SMILES string of the molecule is c1ccc(-c2ccc(-c3cc(-c4ccccc4)nc(-c4ccc(-c5nc6ccccc6c6c5ccc5c7ccccc7sc56)cc4)n3)cc2)cc1. The van der Waals surface area contributed by atoms with E-state index in [1.165, 1.54) is 42.1 Å². The van der Waals surface area contributed by atoms with Gasteiger partial charge in [0.15, 0.2) is 5.82 Å². The van der Waals surface area contributed by atoms with Crippen LogP contribution in [0.5, 0.6) is 0 Å². The number of fused-ring (bicyclic) bond motifs is 7. The molecule has 0 spiro atoms. The van der Waals surface area contributed by atoms with Gasteiger partial charge in [0.25, 0.3) is 0 Å². The molecule has 10 aromatic rings. The maximum Gasteiger partial charge on any atom is 0.160 e.